The van der Waals surface area contributed by atoms with Crippen LogP contribution in [-0.2, 0) is 4.79 Å². The molecule has 6 heteroatoms. The van der Waals surface area contributed by atoms with E-state index in [9.17, 15) is 4.79 Å². The van der Waals surface area contributed by atoms with Crippen molar-refractivity contribution in [3.63, 3.8) is 0 Å². The molecule has 1 heterocycles. The van der Waals surface area contributed by atoms with Gasteiger partial charge in [0.1, 0.15) is 5.75 Å². The van der Waals surface area contributed by atoms with Crippen LogP contribution in [-0.4, -0.2) is 50.6 Å². The van der Waals surface area contributed by atoms with Gasteiger partial charge in [0.25, 0.3) is 0 Å². The zero-order valence-corrected chi connectivity index (χ0v) is 15.9. The van der Waals surface area contributed by atoms with Gasteiger partial charge >= 0.3 is 0 Å². The van der Waals surface area contributed by atoms with Crippen LogP contribution in [0.1, 0.15) is 5.56 Å². The minimum absolute atomic E-state index is 0.0141. The molecule has 1 N–H and O–H groups in total. The van der Waals surface area contributed by atoms with E-state index >= 15 is 0 Å². The van der Waals surface area contributed by atoms with E-state index in [4.69, 9.17) is 16.3 Å². The van der Waals surface area contributed by atoms with Gasteiger partial charge in [-0.05, 0) is 36.8 Å². The van der Waals surface area contributed by atoms with Crippen LogP contribution in [0.2, 0.25) is 5.02 Å². The van der Waals surface area contributed by atoms with Gasteiger partial charge in [-0.2, -0.15) is 0 Å². The Morgan fingerprint density at radius 3 is 2.62 bits per heavy atom. The SMILES string of the molecule is COc1cccc(N2CCN(CC(=O)Nc3ccc(C)c(Cl)c3)CC2)c1. The van der Waals surface area contributed by atoms with E-state index in [-0.39, 0.29) is 5.91 Å². The molecule has 0 saturated carbocycles. The summed E-state index contributed by atoms with van der Waals surface area (Å²) in [4.78, 5) is 16.8. The molecule has 0 aromatic heterocycles. The van der Waals surface area contributed by atoms with Crippen LogP contribution in [0, 0.1) is 6.92 Å². The summed E-state index contributed by atoms with van der Waals surface area (Å²) in [5, 5.41) is 3.58. The zero-order valence-electron chi connectivity index (χ0n) is 15.2. The van der Waals surface area contributed by atoms with Crippen molar-refractivity contribution >= 4 is 28.9 Å². The first-order valence-corrected chi connectivity index (χ1v) is 9.10. The Balaban J connectivity index is 1.50. The molecule has 2 aromatic rings. The van der Waals surface area contributed by atoms with Gasteiger partial charge < -0.3 is 15.0 Å². The minimum atomic E-state index is -0.0141. The minimum Gasteiger partial charge on any atom is -0.497 e. The molecule has 2 aromatic carbocycles. The smallest absolute Gasteiger partial charge is 0.238 e. The van der Waals surface area contributed by atoms with Gasteiger partial charge in [-0.15, -0.1) is 0 Å². The second-order valence-electron chi connectivity index (χ2n) is 6.48. The first kappa shape index (κ1) is 18.5. The van der Waals surface area contributed by atoms with Crippen molar-refractivity contribution < 1.29 is 9.53 Å². The molecular weight excluding hydrogens is 350 g/mol. The number of carbonyl (C=O) groups is 1. The summed E-state index contributed by atoms with van der Waals surface area (Å²) >= 11 is 6.11. The van der Waals surface area contributed by atoms with Gasteiger partial charge in [0.15, 0.2) is 0 Å². The number of methoxy groups -OCH3 is 1. The molecule has 1 fully saturated rings. The molecular formula is C20H24ClN3O2. The maximum Gasteiger partial charge on any atom is 0.238 e. The molecule has 0 spiro atoms. The molecule has 0 unspecified atom stereocenters. The van der Waals surface area contributed by atoms with Crippen molar-refractivity contribution in [2.24, 2.45) is 0 Å². The third-order valence-corrected chi connectivity index (χ3v) is 5.02. The van der Waals surface area contributed by atoms with Crippen molar-refractivity contribution in [2.45, 2.75) is 6.92 Å². The van der Waals surface area contributed by atoms with Crippen LogP contribution < -0.4 is 15.0 Å². The van der Waals surface area contributed by atoms with Crippen LogP contribution in [0.4, 0.5) is 11.4 Å². The highest BCUT2D eigenvalue weighted by molar-refractivity contribution is 6.31. The van der Waals surface area contributed by atoms with E-state index in [0.29, 0.717) is 11.6 Å². The monoisotopic (exact) mass is 373 g/mol. The number of carbonyl (C=O) groups excluding carboxylic acids is 1. The highest BCUT2D eigenvalue weighted by atomic mass is 35.5. The molecule has 0 radical (unpaired) electrons. The number of aryl methyl sites for hydroxylation is 1. The van der Waals surface area contributed by atoms with Gasteiger partial charge in [-0.1, -0.05) is 23.7 Å². The molecule has 5 nitrogen and oxygen atoms in total. The van der Waals surface area contributed by atoms with Crippen LogP contribution in [0.25, 0.3) is 0 Å². The van der Waals surface area contributed by atoms with E-state index in [1.165, 1.54) is 0 Å². The van der Waals surface area contributed by atoms with Crippen LogP contribution in [0.5, 0.6) is 5.75 Å². The van der Waals surface area contributed by atoms with Crippen molar-refractivity contribution in [2.75, 3.05) is 50.1 Å². The number of anilines is 2. The normalized spacial score (nSPS) is 15.0. The van der Waals surface area contributed by atoms with Crippen molar-refractivity contribution in [3.8, 4) is 5.75 Å². The van der Waals surface area contributed by atoms with Crippen molar-refractivity contribution in [3.05, 3.63) is 53.1 Å². The van der Waals surface area contributed by atoms with Crippen molar-refractivity contribution in [1.29, 1.82) is 0 Å². The Kier molecular flexibility index (Phi) is 6.01. The van der Waals surface area contributed by atoms with Gasteiger partial charge in [0.05, 0.1) is 13.7 Å². The van der Waals surface area contributed by atoms with Gasteiger partial charge in [-0.3, -0.25) is 9.69 Å². The number of amides is 1. The van der Waals surface area contributed by atoms with Crippen molar-refractivity contribution in [1.82, 2.24) is 4.90 Å². The van der Waals surface area contributed by atoms with E-state index < -0.39 is 0 Å². The molecule has 0 bridgehead atoms. The summed E-state index contributed by atoms with van der Waals surface area (Å²) in [5.41, 5.74) is 2.89. The standard InChI is InChI=1S/C20H24ClN3O2/c1-15-6-7-16(12-19(15)21)22-20(25)14-23-8-10-24(11-9-23)17-4-3-5-18(13-17)26-2/h3-7,12-13H,8-11,14H2,1-2H3,(H,22,25). The third kappa shape index (κ3) is 4.68. The molecule has 3 rings (SSSR count). The van der Waals surface area contributed by atoms with Crippen LogP contribution in [0.15, 0.2) is 42.5 Å². The molecule has 26 heavy (non-hydrogen) atoms. The zero-order chi connectivity index (χ0) is 18.5. The lowest BCUT2D eigenvalue weighted by Crippen LogP contribution is -2.48. The summed E-state index contributed by atoms with van der Waals surface area (Å²) < 4.78 is 5.29. The Morgan fingerprint density at radius 2 is 1.92 bits per heavy atom. The fourth-order valence-corrected chi connectivity index (χ4v) is 3.23. The maximum absolute atomic E-state index is 12.3. The topological polar surface area (TPSA) is 44.8 Å². The quantitative estimate of drug-likeness (QED) is 0.872. The van der Waals surface area contributed by atoms with E-state index in [1.807, 2.05) is 37.3 Å². The molecule has 138 valence electrons. The summed E-state index contributed by atoms with van der Waals surface area (Å²) in [5.74, 6) is 0.848. The lowest BCUT2D eigenvalue weighted by atomic mass is 10.2. The number of hydrogen-bond donors (Lipinski definition) is 1. The number of piperazine rings is 1. The van der Waals surface area contributed by atoms with Crippen LogP contribution in [0.3, 0.4) is 0 Å². The lowest BCUT2D eigenvalue weighted by Gasteiger charge is -2.35. The highest BCUT2D eigenvalue weighted by Crippen LogP contribution is 2.22. The molecule has 0 aliphatic carbocycles. The molecule has 1 saturated heterocycles. The van der Waals surface area contributed by atoms with Gasteiger partial charge in [0, 0.05) is 48.6 Å². The van der Waals surface area contributed by atoms with Gasteiger partial charge in [-0.25, -0.2) is 0 Å². The van der Waals surface area contributed by atoms with E-state index in [2.05, 4.69) is 21.2 Å². The number of nitrogens with one attached hydrogen (secondary N) is 1. The Labute approximate surface area is 159 Å². The van der Waals surface area contributed by atoms with E-state index in [1.54, 1.807) is 13.2 Å². The number of benzene rings is 2. The predicted molar refractivity (Wildman–Crippen MR) is 106 cm³/mol. The molecule has 1 aliphatic heterocycles. The Hall–Kier alpha value is -2.24. The average molecular weight is 374 g/mol. The average Bonchev–Trinajstić information content (AvgIpc) is 2.65. The van der Waals surface area contributed by atoms with E-state index in [0.717, 1.165) is 48.9 Å². The first-order chi connectivity index (χ1) is 12.5. The highest BCUT2D eigenvalue weighted by Gasteiger charge is 2.19. The second-order valence-corrected chi connectivity index (χ2v) is 6.88. The number of hydrogen-bond acceptors (Lipinski definition) is 4. The fourth-order valence-electron chi connectivity index (χ4n) is 3.05. The number of nitrogens with zero attached hydrogens (tertiary/aromatic N) is 2. The summed E-state index contributed by atoms with van der Waals surface area (Å²) in [6.45, 7) is 5.79. The number of ether oxygens (including phenoxy) is 1. The maximum atomic E-state index is 12.3. The summed E-state index contributed by atoms with van der Waals surface area (Å²) in [7, 11) is 1.68. The van der Waals surface area contributed by atoms with Gasteiger partial charge in [0.2, 0.25) is 5.91 Å². The number of rotatable bonds is 5. The number of halogens is 1. The first-order valence-electron chi connectivity index (χ1n) is 8.72. The Morgan fingerprint density at radius 1 is 1.15 bits per heavy atom. The summed E-state index contributed by atoms with van der Waals surface area (Å²) in [6.07, 6.45) is 0. The largest absolute Gasteiger partial charge is 0.497 e. The summed E-state index contributed by atoms with van der Waals surface area (Å²) in [6, 6.07) is 13.7. The molecule has 1 amide bonds. The second kappa shape index (κ2) is 8.43. The van der Waals surface area contributed by atoms with Crippen LogP contribution >= 0.6 is 11.6 Å². The molecule has 1 aliphatic rings. The Bertz CT molecular complexity index is 773. The fraction of sp³-hybridized carbons (Fsp3) is 0.350. The third-order valence-electron chi connectivity index (χ3n) is 4.61. The predicted octanol–water partition coefficient (Wildman–Crippen LogP) is 3.42. The lowest BCUT2D eigenvalue weighted by molar-refractivity contribution is -0.117. The molecule has 0 atom stereocenters.